The summed E-state index contributed by atoms with van der Waals surface area (Å²) >= 11 is 2.68. The van der Waals surface area contributed by atoms with Crippen LogP contribution in [0.5, 0.6) is 11.5 Å². The highest BCUT2D eigenvalue weighted by Gasteiger charge is 2.35. The van der Waals surface area contributed by atoms with Crippen LogP contribution in [0.3, 0.4) is 0 Å². The largest absolute Gasteiger partial charge is 0.493 e. The number of hydrogen-bond donors (Lipinski definition) is 0. The van der Waals surface area contributed by atoms with Crippen LogP contribution in [0.1, 0.15) is 11.1 Å². The Kier molecular flexibility index (Phi) is 7.85. The van der Waals surface area contributed by atoms with E-state index in [1.807, 2.05) is 52.9 Å². The quantitative estimate of drug-likeness (QED) is 0.106. The summed E-state index contributed by atoms with van der Waals surface area (Å²) in [5.41, 5.74) is 1.05. The molecule has 0 unspecified atom stereocenters. The fourth-order valence-electron chi connectivity index (χ4n) is 3.35. The maximum absolute atomic E-state index is 12.9. The van der Waals surface area contributed by atoms with E-state index in [1.165, 1.54) is 19.3 Å². The number of methoxy groups -OCH3 is 1. The second kappa shape index (κ2) is 10.9. The van der Waals surface area contributed by atoms with E-state index in [0.29, 0.717) is 9.13 Å². The summed E-state index contributed by atoms with van der Waals surface area (Å²) in [4.78, 5) is 36.6. The zero-order chi connectivity index (χ0) is 26.7. The van der Waals surface area contributed by atoms with Crippen LogP contribution in [0.2, 0.25) is 0 Å². The first-order valence-corrected chi connectivity index (χ1v) is 13.7. The molecule has 0 radical (unpaired) electrons. The lowest BCUT2D eigenvalue weighted by atomic mass is 10.1. The Balaban J connectivity index is 1.59. The predicted molar refractivity (Wildman–Crippen MR) is 145 cm³/mol. The highest BCUT2D eigenvalue weighted by molar-refractivity contribution is 14.1. The summed E-state index contributed by atoms with van der Waals surface area (Å²) in [6, 6.07) is 16.5. The summed E-state index contributed by atoms with van der Waals surface area (Å²) in [6.07, 6.45) is 1.52. The molecule has 1 aliphatic rings. The molecule has 0 aliphatic carbocycles. The van der Waals surface area contributed by atoms with Crippen molar-refractivity contribution in [3.05, 3.63) is 96.4 Å². The summed E-state index contributed by atoms with van der Waals surface area (Å²) in [5.74, 6) is -0.447. The van der Waals surface area contributed by atoms with Gasteiger partial charge >= 0.3 is 10.1 Å². The zero-order valence-electron chi connectivity index (χ0n) is 19.0. The number of nitro groups is 1. The van der Waals surface area contributed by atoms with Crippen LogP contribution in [0.4, 0.5) is 10.5 Å². The molecule has 0 aromatic heterocycles. The van der Waals surface area contributed by atoms with E-state index in [1.54, 1.807) is 6.07 Å². The predicted octanol–water partition coefficient (Wildman–Crippen LogP) is 5.21. The molecule has 0 atom stereocenters. The zero-order valence-corrected chi connectivity index (χ0v) is 22.8. The van der Waals surface area contributed by atoms with E-state index < -0.39 is 26.2 Å². The van der Waals surface area contributed by atoms with E-state index in [2.05, 4.69) is 0 Å². The molecular weight excluding hydrogens is 635 g/mol. The Hall–Kier alpha value is -3.43. The third-order valence-corrected chi connectivity index (χ3v) is 8.08. The van der Waals surface area contributed by atoms with E-state index in [4.69, 9.17) is 8.92 Å². The molecular formula is C24H17IN2O8S2. The van der Waals surface area contributed by atoms with Crippen molar-refractivity contribution in [1.82, 2.24) is 4.90 Å². The molecule has 1 saturated heterocycles. The Morgan fingerprint density at radius 2 is 1.76 bits per heavy atom. The third-order valence-electron chi connectivity index (χ3n) is 5.14. The van der Waals surface area contributed by atoms with Crippen molar-refractivity contribution in [2.75, 3.05) is 7.11 Å². The number of hydrogen-bond acceptors (Lipinski definition) is 9. The van der Waals surface area contributed by atoms with Gasteiger partial charge in [-0.05, 0) is 75.8 Å². The summed E-state index contributed by atoms with van der Waals surface area (Å²) < 4.78 is 36.5. The number of nitro benzene ring substituents is 1. The van der Waals surface area contributed by atoms with Crippen LogP contribution in [-0.4, -0.2) is 36.5 Å². The van der Waals surface area contributed by atoms with E-state index in [0.717, 1.165) is 46.5 Å². The molecule has 3 aromatic carbocycles. The van der Waals surface area contributed by atoms with Crippen LogP contribution >= 0.6 is 34.4 Å². The van der Waals surface area contributed by atoms with Crippen molar-refractivity contribution in [2.24, 2.45) is 0 Å². The lowest BCUT2D eigenvalue weighted by molar-refractivity contribution is -0.384. The third kappa shape index (κ3) is 5.94. The average Bonchev–Trinajstić information content (AvgIpc) is 3.13. The molecule has 3 aromatic rings. The molecule has 1 heterocycles. The molecule has 0 N–H and O–H groups in total. The Labute approximate surface area is 229 Å². The molecule has 190 valence electrons. The van der Waals surface area contributed by atoms with Crippen LogP contribution in [0, 0.1) is 13.7 Å². The standard InChI is InChI=1S/C24H17IN2O8S2/c1-34-20-12-16(13-21-23(28)26(24(29)36-21)14-15-5-3-2-4-6-15)11-19(25)22(20)35-37(32,33)18-9-7-17(8-10-18)27(30)31/h2-13H,14H2,1H3/b21-13-. The Morgan fingerprint density at radius 1 is 1.08 bits per heavy atom. The summed E-state index contributed by atoms with van der Waals surface area (Å²) in [5, 5.41) is 10.4. The van der Waals surface area contributed by atoms with Crippen LogP contribution < -0.4 is 8.92 Å². The minimum absolute atomic E-state index is 0.0761. The maximum Gasteiger partial charge on any atom is 0.339 e. The molecule has 0 saturated carbocycles. The Bertz CT molecular complexity index is 1520. The van der Waals surface area contributed by atoms with Crippen LogP contribution in [0.25, 0.3) is 6.08 Å². The van der Waals surface area contributed by atoms with Crippen molar-refractivity contribution in [1.29, 1.82) is 0 Å². The van der Waals surface area contributed by atoms with Gasteiger partial charge in [0.1, 0.15) is 4.90 Å². The average molecular weight is 652 g/mol. The molecule has 0 spiro atoms. The topological polar surface area (TPSA) is 133 Å². The second-order valence-corrected chi connectivity index (χ2v) is 11.3. The molecule has 4 rings (SSSR count). The van der Waals surface area contributed by atoms with Crippen molar-refractivity contribution >= 4 is 67.4 Å². The molecule has 0 bridgehead atoms. The summed E-state index contributed by atoms with van der Waals surface area (Å²) in [7, 11) is -3.00. The first kappa shape index (κ1) is 26.6. The number of ether oxygens (including phenoxy) is 1. The smallest absolute Gasteiger partial charge is 0.339 e. The molecule has 2 amide bonds. The van der Waals surface area contributed by atoms with Crippen molar-refractivity contribution < 1.29 is 31.9 Å². The summed E-state index contributed by atoms with van der Waals surface area (Å²) in [6.45, 7) is 0.150. The first-order valence-electron chi connectivity index (χ1n) is 10.4. The van der Waals surface area contributed by atoms with Gasteiger partial charge in [0, 0.05) is 12.1 Å². The second-order valence-electron chi connectivity index (χ2n) is 7.58. The number of thioether (sulfide) groups is 1. The highest BCUT2D eigenvalue weighted by atomic mass is 127. The van der Waals surface area contributed by atoms with Gasteiger partial charge in [0.05, 0.1) is 27.1 Å². The number of halogens is 1. The number of rotatable bonds is 8. The normalized spacial score (nSPS) is 14.8. The van der Waals surface area contributed by atoms with Gasteiger partial charge in [-0.15, -0.1) is 0 Å². The van der Waals surface area contributed by atoms with Crippen LogP contribution in [0.15, 0.2) is 76.5 Å². The van der Waals surface area contributed by atoms with Gasteiger partial charge in [0.15, 0.2) is 11.5 Å². The van der Waals surface area contributed by atoms with Crippen molar-refractivity contribution in [3.8, 4) is 11.5 Å². The van der Waals surface area contributed by atoms with Gasteiger partial charge < -0.3 is 8.92 Å². The van der Waals surface area contributed by atoms with Gasteiger partial charge in [-0.3, -0.25) is 24.6 Å². The molecule has 1 aliphatic heterocycles. The highest BCUT2D eigenvalue weighted by Crippen LogP contribution is 2.39. The van der Waals surface area contributed by atoms with Gasteiger partial charge in [0.2, 0.25) is 0 Å². The van der Waals surface area contributed by atoms with Gasteiger partial charge in [-0.1, -0.05) is 30.3 Å². The SMILES string of the molecule is COc1cc(/C=C2\SC(=O)N(Cc3ccccc3)C2=O)cc(I)c1OS(=O)(=O)c1ccc([N+](=O)[O-])cc1. The van der Waals surface area contributed by atoms with E-state index in [-0.39, 0.29) is 33.5 Å². The number of imide groups is 1. The monoisotopic (exact) mass is 652 g/mol. The van der Waals surface area contributed by atoms with Gasteiger partial charge in [0.25, 0.3) is 16.8 Å². The lowest BCUT2D eigenvalue weighted by Gasteiger charge is -2.14. The van der Waals surface area contributed by atoms with Gasteiger partial charge in [-0.2, -0.15) is 8.42 Å². The fourth-order valence-corrected chi connectivity index (χ4v) is 6.03. The van der Waals surface area contributed by atoms with Gasteiger partial charge in [-0.25, -0.2) is 0 Å². The molecule has 1 fully saturated rings. The van der Waals surface area contributed by atoms with E-state index >= 15 is 0 Å². The number of non-ortho nitro benzene ring substituents is 1. The van der Waals surface area contributed by atoms with Crippen molar-refractivity contribution in [3.63, 3.8) is 0 Å². The number of amides is 2. The maximum atomic E-state index is 12.9. The number of carbonyl (C=O) groups excluding carboxylic acids is 2. The first-order chi connectivity index (χ1) is 17.6. The molecule has 37 heavy (non-hydrogen) atoms. The number of benzene rings is 3. The number of nitrogens with zero attached hydrogens (tertiary/aromatic N) is 2. The van der Waals surface area contributed by atoms with Crippen LogP contribution in [-0.2, 0) is 21.5 Å². The minimum Gasteiger partial charge on any atom is -0.493 e. The van der Waals surface area contributed by atoms with Crippen molar-refractivity contribution in [2.45, 2.75) is 11.4 Å². The number of carbonyl (C=O) groups is 2. The Morgan fingerprint density at radius 3 is 2.38 bits per heavy atom. The fraction of sp³-hybridized carbons (Fsp3) is 0.0833. The lowest BCUT2D eigenvalue weighted by Crippen LogP contribution is -2.27. The van der Waals surface area contributed by atoms with E-state index in [9.17, 15) is 28.1 Å². The molecule has 13 heteroatoms. The molecule has 10 nitrogen and oxygen atoms in total. The minimum atomic E-state index is -4.33.